The third-order valence-electron chi connectivity index (χ3n) is 2.84. The lowest BCUT2D eigenvalue weighted by molar-refractivity contribution is 0.0954. The number of thiophene rings is 1. The zero-order valence-corrected chi connectivity index (χ0v) is 11.7. The van der Waals surface area contributed by atoms with Crippen LogP contribution in [0.25, 0.3) is 0 Å². The first-order valence-electron chi connectivity index (χ1n) is 5.89. The van der Waals surface area contributed by atoms with Gasteiger partial charge in [-0.1, -0.05) is 0 Å². The highest BCUT2D eigenvalue weighted by atomic mass is 32.1. The second-order valence-corrected chi connectivity index (χ2v) is 5.75. The highest BCUT2D eigenvalue weighted by Gasteiger charge is 2.11. The number of imidazole rings is 1. The highest BCUT2D eigenvalue weighted by Crippen LogP contribution is 2.20. The average Bonchev–Trinajstić information content (AvgIpc) is 2.85. The Balaban J connectivity index is 1.89. The average molecular weight is 263 g/mol. The molecule has 1 N–H and O–H groups in total. The van der Waals surface area contributed by atoms with Gasteiger partial charge in [0, 0.05) is 42.2 Å². The number of nitrogens with one attached hydrogen (secondary N) is 1. The Morgan fingerprint density at radius 3 is 2.83 bits per heavy atom. The van der Waals surface area contributed by atoms with Gasteiger partial charge < -0.3 is 9.88 Å². The van der Waals surface area contributed by atoms with Crippen LogP contribution in [0.1, 0.15) is 25.9 Å². The molecule has 96 valence electrons. The number of hydrogen-bond acceptors (Lipinski definition) is 3. The van der Waals surface area contributed by atoms with Crippen molar-refractivity contribution in [1.29, 1.82) is 0 Å². The molecule has 0 saturated heterocycles. The van der Waals surface area contributed by atoms with Crippen LogP contribution in [-0.2, 0) is 13.5 Å². The largest absolute Gasteiger partial charge is 0.352 e. The fourth-order valence-electron chi connectivity index (χ4n) is 1.88. The Morgan fingerprint density at radius 2 is 2.28 bits per heavy atom. The van der Waals surface area contributed by atoms with Crippen LogP contribution in [-0.4, -0.2) is 22.0 Å². The Labute approximate surface area is 111 Å². The number of carbonyl (C=O) groups is 1. The molecular formula is C13H17N3OS. The van der Waals surface area contributed by atoms with Gasteiger partial charge in [0.05, 0.1) is 5.56 Å². The molecule has 2 heterocycles. The van der Waals surface area contributed by atoms with E-state index in [0.717, 1.165) is 22.7 Å². The van der Waals surface area contributed by atoms with Gasteiger partial charge in [0.1, 0.15) is 5.82 Å². The lowest BCUT2D eigenvalue weighted by atomic mass is 10.2. The van der Waals surface area contributed by atoms with Gasteiger partial charge in [0.15, 0.2) is 0 Å². The third kappa shape index (κ3) is 2.79. The van der Waals surface area contributed by atoms with Crippen LogP contribution in [0.4, 0.5) is 0 Å². The van der Waals surface area contributed by atoms with E-state index in [1.165, 1.54) is 4.88 Å². The van der Waals surface area contributed by atoms with Crippen molar-refractivity contribution in [2.24, 2.45) is 7.05 Å². The van der Waals surface area contributed by atoms with Gasteiger partial charge in [-0.2, -0.15) is 0 Å². The maximum Gasteiger partial charge on any atom is 0.252 e. The molecular weight excluding hydrogens is 246 g/mol. The smallest absolute Gasteiger partial charge is 0.252 e. The number of amides is 1. The van der Waals surface area contributed by atoms with Crippen molar-refractivity contribution in [1.82, 2.24) is 14.9 Å². The maximum absolute atomic E-state index is 12.0. The zero-order chi connectivity index (χ0) is 13.1. The molecule has 0 radical (unpaired) electrons. The predicted molar refractivity (Wildman–Crippen MR) is 73.0 cm³/mol. The second-order valence-electron chi connectivity index (χ2n) is 4.29. The Bertz CT molecular complexity index is 556. The van der Waals surface area contributed by atoms with Gasteiger partial charge in [0.25, 0.3) is 5.91 Å². The molecule has 0 bridgehead atoms. The number of rotatable bonds is 4. The van der Waals surface area contributed by atoms with E-state index in [4.69, 9.17) is 0 Å². The van der Waals surface area contributed by atoms with Crippen LogP contribution >= 0.6 is 11.3 Å². The first-order chi connectivity index (χ1) is 8.58. The van der Waals surface area contributed by atoms with Gasteiger partial charge in [-0.15, -0.1) is 11.3 Å². The maximum atomic E-state index is 12.0. The van der Waals surface area contributed by atoms with Crippen molar-refractivity contribution in [2.75, 3.05) is 6.54 Å². The molecule has 1 amide bonds. The highest BCUT2D eigenvalue weighted by molar-refractivity contribution is 7.12. The lowest BCUT2D eigenvalue weighted by Crippen LogP contribution is -2.26. The van der Waals surface area contributed by atoms with Crippen molar-refractivity contribution < 1.29 is 4.79 Å². The molecule has 0 fully saturated rings. The second kappa shape index (κ2) is 5.35. The van der Waals surface area contributed by atoms with Gasteiger partial charge >= 0.3 is 0 Å². The van der Waals surface area contributed by atoms with Gasteiger partial charge in [0.2, 0.25) is 0 Å². The van der Waals surface area contributed by atoms with Crippen molar-refractivity contribution in [3.8, 4) is 0 Å². The molecule has 0 atom stereocenters. The first kappa shape index (κ1) is 12.8. The van der Waals surface area contributed by atoms with Crippen molar-refractivity contribution in [3.05, 3.63) is 39.6 Å². The van der Waals surface area contributed by atoms with E-state index in [-0.39, 0.29) is 5.91 Å². The SMILES string of the molecule is Cc1cc(C(=O)NCCc2nccn2C)c(C)s1. The molecule has 0 aliphatic rings. The van der Waals surface area contributed by atoms with Crippen LogP contribution in [0, 0.1) is 13.8 Å². The molecule has 2 rings (SSSR count). The Morgan fingerprint density at radius 1 is 1.50 bits per heavy atom. The summed E-state index contributed by atoms with van der Waals surface area (Å²) in [6.45, 7) is 4.60. The molecule has 0 aliphatic carbocycles. The summed E-state index contributed by atoms with van der Waals surface area (Å²) in [5.74, 6) is 0.986. The normalized spacial score (nSPS) is 10.6. The standard InChI is InChI=1S/C13H17N3OS/c1-9-8-11(10(2)18-9)13(17)15-5-4-12-14-6-7-16(12)3/h6-8H,4-5H2,1-3H3,(H,15,17). The predicted octanol–water partition coefficient (Wildman–Crippen LogP) is 2.07. The zero-order valence-electron chi connectivity index (χ0n) is 10.9. The summed E-state index contributed by atoms with van der Waals surface area (Å²) >= 11 is 1.65. The molecule has 2 aromatic rings. The van der Waals surface area contributed by atoms with Gasteiger partial charge in [-0.25, -0.2) is 4.98 Å². The minimum absolute atomic E-state index is 0.00561. The molecule has 0 saturated carbocycles. The van der Waals surface area contributed by atoms with Crippen LogP contribution < -0.4 is 5.32 Å². The van der Waals surface area contributed by atoms with Crippen LogP contribution in [0.3, 0.4) is 0 Å². The molecule has 4 nitrogen and oxygen atoms in total. The molecule has 18 heavy (non-hydrogen) atoms. The quantitative estimate of drug-likeness (QED) is 0.918. The topological polar surface area (TPSA) is 46.9 Å². The van der Waals surface area contributed by atoms with E-state index >= 15 is 0 Å². The summed E-state index contributed by atoms with van der Waals surface area (Å²) in [6, 6.07) is 1.94. The van der Waals surface area contributed by atoms with E-state index < -0.39 is 0 Å². The summed E-state index contributed by atoms with van der Waals surface area (Å²) in [7, 11) is 1.95. The number of hydrogen-bond donors (Lipinski definition) is 1. The fraction of sp³-hybridized carbons (Fsp3) is 0.385. The fourth-order valence-corrected chi connectivity index (χ4v) is 2.80. The third-order valence-corrected chi connectivity index (χ3v) is 3.81. The van der Waals surface area contributed by atoms with E-state index in [2.05, 4.69) is 10.3 Å². The van der Waals surface area contributed by atoms with E-state index in [1.54, 1.807) is 17.5 Å². The van der Waals surface area contributed by atoms with Crippen molar-refractivity contribution in [2.45, 2.75) is 20.3 Å². The molecule has 5 heteroatoms. The molecule has 0 unspecified atom stereocenters. The van der Waals surface area contributed by atoms with Gasteiger partial charge in [-0.05, 0) is 19.9 Å². The minimum Gasteiger partial charge on any atom is -0.352 e. The summed E-state index contributed by atoms with van der Waals surface area (Å²) < 4.78 is 1.96. The lowest BCUT2D eigenvalue weighted by Gasteiger charge is -2.05. The van der Waals surface area contributed by atoms with Crippen molar-refractivity contribution in [3.63, 3.8) is 0 Å². The van der Waals surface area contributed by atoms with Crippen molar-refractivity contribution >= 4 is 17.2 Å². The molecule has 0 aliphatic heterocycles. The Hall–Kier alpha value is -1.62. The first-order valence-corrected chi connectivity index (χ1v) is 6.71. The molecule has 0 spiro atoms. The van der Waals surface area contributed by atoms with E-state index in [0.29, 0.717) is 6.54 Å². The van der Waals surface area contributed by atoms with E-state index in [9.17, 15) is 4.79 Å². The number of nitrogens with zero attached hydrogens (tertiary/aromatic N) is 2. The number of carbonyl (C=O) groups excluding carboxylic acids is 1. The monoisotopic (exact) mass is 263 g/mol. The molecule has 0 aromatic carbocycles. The van der Waals surface area contributed by atoms with Crippen LogP contribution in [0.5, 0.6) is 0 Å². The summed E-state index contributed by atoms with van der Waals surface area (Å²) in [5.41, 5.74) is 0.789. The number of aryl methyl sites for hydroxylation is 3. The summed E-state index contributed by atoms with van der Waals surface area (Å²) in [5, 5.41) is 2.93. The minimum atomic E-state index is 0.00561. The summed E-state index contributed by atoms with van der Waals surface area (Å²) in [4.78, 5) is 18.4. The summed E-state index contributed by atoms with van der Waals surface area (Å²) in [6.07, 6.45) is 4.42. The number of aromatic nitrogens is 2. The van der Waals surface area contributed by atoms with Crippen LogP contribution in [0.15, 0.2) is 18.5 Å². The van der Waals surface area contributed by atoms with E-state index in [1.807, 2.05) is 37.7 Å². The molecule has 2 aromatic heterocycles. The Kier molecular flexibility index (Phi) is 3.81. The van der Waals surface area contributed by atoms with Gasteiger partial charge in [-0.3, -0.25) is 4.79 Å². The van der Waals surface area contributed by atoms with Crippen LogP contribution in [0.2, 0.25) is 0 Å².